The second-order valence-corrected chi connectivity index (χ2v) is 2.84. The second-order valence-electron chi connectivity index (χ2n) is 2.48. The van der Waals surface area contributed by atoms with Gasteiger partial charge in [-0.3, -0.25) is 9.80 Å². The highest BCUT2D eigenvalue weighted by molar-refractivity contribution is 6.32. The third-order valence-electron chi connectivity index (χ3n) is 1.49. The Bertz CT molecular complexity index is 339. The monoisotopic (exact) mass is 200 g/mol. The average Bonchev–Trinajstić information content (AvgIpc) is 2.08. The average molecular weight is 201 g/mol. The number of carbonyl (C=O) groups is 1. The first-order valence-electron chi connectivity index (χ1n) is 3.46. The van der Waals surface area contributed by atoms with Gasteiger partial charge in [0.1, 0.15) is 0 Å². The number of nitrogen functional groups attached to an aromatic ring is 1. The molecule has 0 aliphatic rings. The topological polar surface area (TPSA) is 85.2 Å². The molecule has 0 unspecified atom stereocenters. The molecular weight excluding hydrogens is 192 g/mol. The lowest BCUT2D eigenvalue weighted by Gasteiger charge is -2.11. The summed E-state index contributed by atoms with van der Waals surface area (Å²) in [5.74, 6) is 4.85. The van der Waals surface area contributed by atoms with Gasteiger partial charge in [0.05, 0.1) is 11.3 Å². The minimum absolute atomic E-state index is 0.104. The van der Waals surface area contributed by atoms with Gasteiger partial charge in [-0.15, -0.1) is 0 Å². The summed E-state index contributed by atoms with van der Waals surface area (Å²) < 4.78 is 0. The molecule has 0 fully saturated rings. The van der Waals surface area contributed by atoms with E-state index < -0.39 is 5.91 Å². The SMILES string of the molecule is CN(N)C(=O)c1ccnc(Cl)c1N. The molecule has 70 valence electrons. The van der Waals surface area contributed by atoms with Crippen LogP contribution in [-0.2, 0) is 0 Å². The summed E-state index contributed by atoms with van der Waals surface area (Å²) >= 11 is 5.61. The zero-order chi connectivity index (χ0) is 10.0. The van der Waals surface area contributed by atoms with E-state index in [2.05, 4.69) is 4.98 Å². The Hall–Kier alpha value is -1.33. The van der Waals surface area contributed by atoms with Crippen molar-refractivity contribution in [1.29, 1.82) is 0 Å². The maximum absolute atomic E-state index is 11.4. The van der Waals surface area contributed by atoms with Crippen molar-refractivity contribution in [1.82, 2.24) is 9.99 Å². The lowest BCUT2D eigenvalue weighted by atomic mass is 10.2. The van der Waals surface area contributed by atoms with E-state index in [-0.39, 0.29) is 16.4 Å². The summed E-state index contributed by atoms with van der Waals surface area (Å²) in [7, 11) is 1.43. The second kappa shape index (κ2) is 3.59. The van der Waals surface area contributed by atoms with E-state index in [1.807, 2.05) is 0 Å². The summed E-state index contributed by atoms with van der Waals surface area (Å²) in [6.07, 6.45) is 1.40. The minimum Gasteiger partial charge on any atom is -0.396 e. The van der Waals surface area contributed by atoms with Gasteiger partial charge in [0.2, 0.25) is 0 Å². The number of anilines is 1. The van der Waals surface area contributed by atoms with E-state index in [0.29, 0.717) is 0 Å². The summed E-state index contributed by atoms with van der Waals surface area (Å²) in [5.41, 5.74) is 5.92. The molecular formula is C7H9ClN4O. The maximum atomic E-state index is 11.4. The molecule has 4 N–H and O–H groups in total. The van der Waals surface area contributed by atoms with Crippen LogP contribution in [-0.4, -0.2) is 22.9 Å². The van der Waals surface area contributed by atoms with Gasteiger partial charge in [0, 0.05) is 13.2 Å². The summed E-state index contributed by atoms with van der Waals surface area (Å²) in [6.45, 7) is 0. The van der Waals surface area contributed by atoms with E-state index in [1.165, 1.54) is 19.3 Å². The van der Waals surface area contributed by atoms with E-state index in [1.54, 1.807) is 0 Å². The van der Waals surface area contributed by atoms with E-state index in [9.17, 15) is 4.79 Å². The molecule has 0 saturated heterocycles. The third-order valence-corrected chi connectivity index (χ3v) is 1.79. The Kier molecular flexibility index (Phi) is 2.69. The molecule has 1 rings (SSSR count). The van der Waals surface area contributed by atoms with E-state index in [0.717, 1.165) is 5.01 Å². The van der Waals surface area contributed by atoms with Crippen LogP contribution in [0, 0.1) is 0 Å². The molecule has 5 nitrogen and oxygen atoms in total. The highest BCUT2D eigenvalue weighted by atomic mass is 35.5. The molecule has 0 radical (unpaired) electrons. The highest BCUT2D eigenvalue weighted by Gasteiger charge is 2.14. The van der Waals surface area contributed by atoms with Crippen LogP contribution in [0.4, 0.5) is 5.69 Å². The van der Waals surface area contributed by atoms with Crippen LogP contribution in [0.25, 0.3) is 0 Å². The lowest BCUT2D eigenvalue weighted by molar-refractivity contribution is 0.0796. The third kappa shape index (κ3) is 1.88. The van der Waals surface area contributed by atoms with Gasteiger partial charge < -0.3 is 5.73 Å². The van der Waals surface area contributed by atoms with Crippen molar-refractivity contribution >= 4 is 23.2 Å². The number of nitrogens with zero attached hydrogens (tertiary/aromatic N) is 2. The smallest absolute Gasteiger partial charge is 0.269 e. The van der Waals surface area contributed by atoms with Gasteiger partial charge in [0.25, 0.3) is 5.91 Å². The molecule has 1 heterocycles. The van der Waals surface area contributed by atoms with E-state index >= 15 is 0 Å². The fourth-order valence-corrected chi connectivity index (χ4v) is 0.982. The number of amides is 1. The fraction of sp³-hybridized carbons (Fsp3) is 0.143. The number of nitrogens with two attached hydrogens (primary N) is 2. The molecule has 0 saturated carbocycles. The van der Waals surface area contributed by atoms with Crippen molar-refractivity contribution in [2.45, 2.75) is 0 Å². The van der Waals surface area contributed by atoms with Crippen molar-refractivity contribution in [3.8, 4) is 0 Å². The van der Waals surface area contributed by atoms with Crippen molar-refractivity contribution in [2.24, 2.45) is 5.84 Å². The summed E-state index contributed by atoms with van der Waals surface area (Å²) in [6, 6.07) is 1.47. The molecule has 0 bridgehead atoms. The standard InChI is InChI=1S/C7H9ClN4O/c1-12(10)7(13)4-2-3-11-6(8)5(4)9/h2-3H,9-10H2,1H3. The number of carbonyl (C=O) groups excluding carboxylic acids is 1. The van der Waals surface area contributed by atoms with Crippen LogP contribution in [0.5, 0.6) is 0 Å². The quantitative estimate of drug-likeness (QED) is 0.295. The van der Waals surface area contributed by atoms with Crippen LogP contribution in [0.15, 0.2) is 12.3 Å². The Morgan fingerprint density at radius 3 is 2.85 bits per heavy atom. The number of halogens is 1. The van der Waals surface area contributed by atoms with Gasteiger partial charge in [-0.25, -0.2) is 10.8 Å². The predicted molar refractivity (Wildman–Crippen MR) is 49.9 cm³/mol. The number of pyridine rings is 1. The van der Waals surface area contributed by atoms with Crippen LogP contribution in [0.3, 0.4) is 0 Å². The lowest BCUT2D eigenvalue weighted by Crippen LogP contribution is -2.33. The Labute approximate surface area is 80.3 Å². The first-order valence-corrected chi connectivity index (χ1v) is 3.84. The molecule has 6 heteroatoms. The first kappa shape index (κ1) is 9.76. The summed E-state index contributed by atoms with van der Waals surface area (Å²) in [5, 5.41) is 1.04. The molecule has 0 atom stereocenters. The van der Waals surface area contributed by atoms with Crippen molar-refractivity contribution < 1.29 is 4.79 Å². The van der Waals surface area contributed by atoms with Crippen LogP contribution >= 0.6 is 11.6 Å². The molecule has 13 heavy (non-hydrogen) atoms. The van der Waals surface area contributed by atoms with Crippen LogP contribution in [0.1, 0.15) is 10.4 Å². The number of aromatic nitrogens is 1. The van der Waals surface area contributed by atoms with Crippen molar-refractivity contribution in [3.05, 3.63) is 23.0 Å². The zero-order valence-corrected chi connectivity index (χ0v) is 7.75. The first-order chi connectivity index (χ1) is 6.04. The highest BCUT2D eigenvalue weighted by Crippen LogP contribution is 2.19. The Morgan fingerprint density at radius 2 is 2.31 bits per heavy atom. The minimum atomic E-state index is -0.401. The molecule has 0 aliphatic carbocycles. The molecule has 1 aromatic rings. The van der Waals surface area contributed by atoms with Crippen molar-refractivity contribution in [3.63, 3.8) is 0 Å². The van der Waals surface area contributed by atoms with Gasteiger partial charge >= 0.3 is 0 Å². The summed E-state index contributed by atoms with van der Waals surface area (Å²) in [4.78, 5) is 15.1. The number of hydrazine groups is 1. The predicted octanol–water partition coefficient (Wildman–Crippen LogP) is 0.263. The normalized spacial score (nSPS) is 9.77. The van der Waals surface area contributed by atoms with Gasteiger partial charge in [-0.1, -0.05) is 11.6 Å². The number of hydrogen-bond acceptors (Lipinski definition) is 4. The molecule has 1 amide bonds. The Balaban J connectivity index is 3.15. The van der Waals surface area contributed by atoms with Gasteiger partial charge in [0.15, 0.2) is 5.15 Å². The van der Waals surface area contributed by atoms with Crippen LogP contribution < -0.4 is 11.6 Å². The molecule has 0 aliphatic heterocycles. The molecule has 1 aromatic heterocycles. The van der Waals surface area contributed by atoms with Gasteiger partial charge in [-0.2, -0.15) is 0 Å². The molecule has 0 aromatic carbocycles. The maximum Gasteiger partial charge on any atom is 0.269 e. The number of hydrogen-bond donors (Lipinski definition) is 2. The Morgan fingerprint density at radius 1 is 1.69 bits per heavy atom. The number of rotatable bonds is 1. The van der Waals surface area contributed by atoms with Crippen LogP contribution in [0.2, 0.25) is 5.15 Å². The van der Waals surface area contributed by atoms with Crippen molar-refractivity contribution in [2.75, 3.05) is 12.8 Å². The zero-order valence-electron chi connectivity index (χ0n) is 6.99. The van der Waals surface area contributed by atoms with E-state index in [4.69, 9.17) is 23.2 Å². The molecule has 0 spiro atoms. The largest absolute Gasteiger partial charge is 0.396 e. The van der Waals surface area contributed by atoms with Gasteiger partial charge in [-0.05, 0) is 6.07 Å². The fourth-order valence-electron chi connectivity index (χ4n) is 0.824.